The summed E-state index contributed by atoms with van der Waals surface area (Å²) in [5.74, 6) is 0.863. The molecule has 4 aliphatic carbocycles. The van der Waals surface area contributed by atoms with Crippen molar-refractivity contribution in [3.63, 3.8) is 0 Å². The lowest BCUT2D eigenvalue weighted by Gasteiger charge is -2.62. The Hall–Kier alpha value is -1.36. The van der Waals surface area contributed by atoms with Gasteiger partial charge in [0.05, 0.1) is 0 Å². The van der Waals surface area contributed by atoms with Crippen molar-refractivity contribution in [1.29, 1.82) is 0 Å². The van der Waals surface area contributed by atoms with Crippen LogP contribution in [0, 0.1) is 29.1 Å². The quantitative estimate of drug-likeness (QED) is 0.411. The molecule has 0 aromatic rings. The fourth-order valence-corrected chi connectivity index (χ4v) is 5.94. The highest BCUT2D eigenvalue weighted by molar-refractivity contribution is 5.81. The number of allylic oxidation sites excluding steroid dienone is 2. The summed E-state index contributed by atoms with van der Waals surface area (Å²) in [7, 11) is 0. The van der Waals surface area contributed by atoms with Gasteiger partial charge in [-0.15, -0.1) is 0 Å². The van der Waals surface area contributed by atoms with Gasteiger partial charge in [-0.2, -0.15) is 0 Å². The molecule has 0 aromatic carbocycles. The number of aliphatic carboxylic acids is 1. The topological polar surface area (TPSA) is 86.6 Å². The molecule has 0 heterocycles. The fraction of sp³-hybridized carbons (Fsp3) is 0.826. The summed E-state index contributed by atoms with van der Waals surface area (Å²) in [6, 6.07) is 0.143. The van der Waals surface area contributed by atoms with Crippen molar-refractivity contribution in [3.05, 3.63) is 12.2 Å². The van der Waals surface area contributed by atoms with Crippen molar-refractivity contribution in [2.45, 2.75) is 90.2 Å². The minimum absolute atomic E-state index is 0.127. The van der Waals surface area contributed by atoms with Gasteiger partial charge in [0, 0.05) is 12.5 Å². The van der Waals surface area contributed by atoms with Gasteiger partial charge in [-0.1, -0.05) is 38.8 Å². The lowest BCUT2D eigenvalue weighted by Crippen LogP contribution is -2.62. The molecule has 0 saturated heterocycles. The Morgan fingerprint density at radius 1 is 1.18 bits per heavy atom. The second-order valence-corrected chi connectivity index (χ2v) is 9.86. The number of carbonyl (C=O) groups excluding carboxylic acids is 1. The largest absolute Gasteiger partial charge is 0.481 e. The molecule has 5 nitrogen and oxygen atoms in total. The zero-order chi connectivity index (χ0) is 20.3. The molecular formula is C23H37NO4. The Morgan fingerprint density at radius 2 is 1.89 bits per heavy atom. The van der Waals surface area contributed by atoms with Crippen LogP contribution in [0.1, 0.15) is 78.1 Å². The van der Waals surface area contributed by atoms with Crippen LogP contribution in [0.25, 0.3) is 0 Å². The zero-order valence-corrected chi connectivity index (χ0v) is 17.4. The van der Waals surface area contributed by atoms with Crippen LogP contribution in [0.3, 0.4) is 0 Å². The maximum atomic E-state index is 12.7. The monoisotopic (exact) mass is 391 g/mol. The number of carboxylic acids is 1. The predicted molar refractivity (Wildman–Crippen MR) is 109 cm³/mol. The van der Waals surface area contributed by atoms with Crippen molar-refractivity contribution in [2.75, 3.05) is 0 Å². The average molecular weight is 392 g/mol. The molecule has 2 unspecified atom stereocenters. The minimum atomic E-state index is -0.860. The Bertz CT molecular complexity index is 593. The molecule has 3 N–H and O–H groups in total. The number of amides is 1. The van der Waals surface area contributed by atoms with Crippen molar-refractivity contribution in [2.24, 2.45) is 29.1 Å². The summed E-state index contributed by atoms with van der Waals surface area (Å²) in [4.78, 5) is 23.3. The molecular weight excluding hydrogens is 354 g/mol. The van der Waals surface area contributed by atoms with Gasteiger partial charge in [-0.05, 0) is 74.0 Å². The molecule has 4 saturated carbocycles. The van der Waals surface area contributed by atoms with Gasteiger partial charge >= 0.3 is 5.97 Å². The van der Waals surface area contributed by atoms with Crippen LogP contribution in [0.4, 0.5) is 0 Å². The molecule has 0 spiro atoms. The van der Waals surface area contributed by atoms with Crippen LogP contribution >= 0.6 is 0 Å². The number of rotatable bonds is 9. The summed E-state index contributed by atoms with van der Waals surface area (Å²) in [6.45, 7) is 4.70. The number of carboxylic acid groups (broad SMARTS) is 1. The molecule has 1 amide bonds. The second kappa shape index (κ2) is 8.98. The average Bonchev–Trinajstić information content (AvgIpc) is 3.18. The molecule has 4 aliphatic rings. The summed E-state index contributed by atoms with van der Waals surface area (Å²) in [5, 5.41) is 22.4. The summed E-state index contributed by atoms with van der Waals surface area (Å²) in [5.41, 5.74) is 0.326. The molecule has 0 aromatic heterocycles. The maximum Gasteiger partial charge on any atom is 0.303 e. The molecule has 4 fully saturated rings. The first-order valence-electron chi connectivity index (χ1n) is 11.2. The van der Waals surface area contributed by atoms with Crippen molar-refractivity contribution < 1.29 is 19.8 Å². The third-order valence-electron chi connectivity index (χ3n) is 7.90. The van der Waals surface area contributed by atoms with E-state index in [1.807, 2.05) is 0 Å². The van der Waals surface area contributed by atoms with Crippen LogP contribution in [0.5, 0.6) is 0 Å². The van der Waals surface area contributed by atoms with Gasteiger partial charge in [0.2, 0.25) is 5.91 Å². The zero-order valence-electron chi connectivity index (χ0n) is 17.4. The van der Waals surface area contributed by atoms with Crippen LogP contribution in [0.15, 0.2) is 12.2 Å². The SMILES string of the molecule is CC1(C)[C@H]2CC(NC(=O)C(O)C3CCCC3)[C@@H](C/C=C\CCCC(=O)O)[C@@H]1C2. The van der Waals surface area contributed by atoms with Crippen LogP contribution in [-0.2, 0) is 9.59 Å². The number of aliphatic hydroxyl groups is 1. The molecule has 2 bridgehead atoms. The lowest BCUT2D eigenvalue weighted by molar-refractivity contribution is -0.143. The smallest absolute Gasteiger partial charge is 0.303 e. The first-order chi connectivity index (χ1) is 13.3. The van der Waals surface area contributed by atoms with Gasteiger partial charge < -0.3 is 15.5 Å². The van der Waals surface area contributed by atoms with Crippen molar-refractivity contribution in [1.82, 2.24) is 5.32 Å². The predicted octanol–water partition coefficient (Wildman–Crippen LogP) is 3.91. The van der Waals surface area contributed by atoms with E-state index >= 15 is 0 Å². The van der Waals surface area contributed by atoms with Gasteiger partial charge in [0.1, 0.15) is 6.10 Å². The van der Waals surface area contributed by atoms with Crippen molar-refractivity contribution in [3.8, 4) is 0 Å². The van der Waals surface area contributed by atoms with Gasteiger partial charge in [-0.25, -0.2) is 0 Å². The standard InChI is InChI=1S/C23H37NO4/c1-23(2)16-13-18(23)17(11-5-3-4-6-12-20(25)26)19(14-16)24-22(28)21(27)15-9-7-8-10-15/h3,5,15-19,21,27H,4,6-14H2,1-2H3,(H,24,28)(H,25,26)/b5-3-/t16-,17+,18+,19?,21?/m1/s1. The minimum Gasteiger partial charge on any atom is -0.481 e. The highest BCUT2D eigenvalue weighted by Crippen LogP contribution is 2.62. The molecule has 4 rings (SSSR count). The van der Waals surface area contributed by atoms with E-state index in [2.05, 4.69) is 31.3 Å². The Morgan fingerprint density at radius 3 is 2.54 bits per heavy atom. The number of aliphatic hydroxyl groups excluding tert-OH is 1. The summed E-state index contributed by atoms with van der Waals surface area (Å²) in [6.07, 6.45) is 12.4. The number of hydrogen-bond donors (Lipinski definition) is 3. The fourth-order valence-electron chi connectivity index (χ4n) is 5.94. The van der Waals surface area contributed by atoms with E-state index in [4.69, 9.17) is 5.11 Å². The lowest BCUT2D eigenvalue weighted by atomic mass is 9.44. The van der Waals surface area contributed by atoms with Crippen LogP contribution in [-0.4, -0.2) is 34.2 Å². The van der Waals surface area contributed by atoms with E-state index < -0.39 is 12.1 Å². The summed E-state index contributed by atoms with van der Waals surface area (Å²) >= 11 is 0. The van der Waals surface area contributed by atoms with E-state index in [1.165, 1.54) is 6.42 Å². The molecule has 5 atom stereocenters. The third-order valence-corrected chi connectivity index (χ3v) is 7.90. The molecule has 0 aliphatic heterocycles. The van der Waals surface area contributed by atoms with Crippen molar-refractivity contribution >= 4 is 11.9 Å². The third kappa shape index (κ3) is 4.61. The maximum absolute atomic E-state index is 12.7. The normalized spacial score (nSPS) is 32.8. The van der Waals surface area contributed by atoms with E-state index in [9.17, 15) is 14.7 Å². The summed E-state index contributed by atoms with van der Waals surface area (Å²) < 4.78 is 0. The Balaban J connectivity index is 1.56. The number of fused-ring (bicyclic) bond motifs is 2. The number of hydrogen-bond acceptors (Lipinski definition) is 3. The van der Waals surface area contributed by atoms with Gasteiger partial charge in [0.25, 0.3) is 0 Å². The van der Waals surface area contributed by atoms with E-state index in [1.54, 1.807) is 0 Å². The van der Waals surface area contributed by atoms with E-state index in [0.717, 1.165) is 44.9 Å². The van der Waals surface area contributed by atoms with Gasteiger partial charge in [0.15, 0.2) is 0 Å². The van der Waals surface area contributed by atoms with E-state index in [-0.39, 0.29) is 24.3 Å². The highest BCUT2D eigenvalue weighted by atomic mass is 16.4. The molecule has 5 heteroatoms. The highest BCUT2D eigenvalue weighted by Gasteiger charge is 2.57. The Kier molecular flexibility index (Phi) is 6.85. The van der Waals surface area contributed by atoms with Crippen LogP contribution < -0.4 is 5.32 Å². The van der Waals surface area contributed by atoms with E-state index in [0.29, 0.717) is 29.6 Å². The molecule has 28 heavy (non-hydrogen) atoms. The number of nitrogens with one attached hydrogen (secondary N) is 1. The molecule has 158 valence electrons. The van der Waals surface area contributed by atoms with Crippen LogP contribution in [0.2, 0.25) is 0 Å². The first kappa shape index (κ1) is 21.4. The second-order valence-electron chi connectivity index (χ2n) is 9.86. The number of unbranched alkanes of at least 4 members (excludes halogenated alkanes) is 1. The first-order valence-corrected chi connectivity index (χ1v) is 11.2. The number of carbonyl (C=O) groups is 2. The molecule has 0 radical (unpaired) electrons. The Labute approximate surface area is 169 Å². The van der Waals surface area contributed by atoms with Gasteiger partial charge in [-0.3, -0.25) is 9.59 Å².